The van der Waals surface area contributed by atoms with Crippen LogP contribution in [0.2, 0.25) is 0 Å². The first-order valence-corrected chi connectivity index (χ1v) is 7.43. The molecule has 1 saturated heterocycles. The van der Waals surface area contributed by atoms with Gasteiger partial charge in [-0.15, -0.1) is 0 Å². The summed E-state index contributed by atoms with van der Waals surface area (Å²) in [5.74, 6) is 1.01. The van der Waals surface area contributed by atoms with Crippen molar-refractivity contribution in [1.29, 1.82) is 0 Å². The molecule has 1 aliphatic carbocycles. The molecule has 2 aliphatic rings. The van der Waals surface area contributed by atoms with Gasteiger partial charge in [0.15, 0.2) is 0 Å². The highest BCUT2D eigenvalue weighted by molar-refractivity contribution is 5.81. The maximum Gasteiger partial charge on any atom is 0.237 e. The fourth-order valence-electron chi connectivity index (χ4n) is 3.22. The minimum atomic E-state index is 0.00918. The van der Waals surface area contributed by atoms with Gasteiger partial charge in [0.1, 0.15) is 0 Å². The summed E-state index contributed by atoms with van der Waals surface area (Å²) in [6, 6.07) is 0.00918. The first-order valence-electron chi connectivity index (χ1n) is 7.43. The van der Waals surface area contributed by atoms with Gasteiger partial charge in [-0.2, -0.15) is 0 Å². The smallest absolute Gasteiger partial charge is 0.237 e. The van der Waals surface area contributed by atoms with Crippen molar-refractivity contribution < 1.29 is 9.90 Å². The van der Waals surface area contributed by atoms with Crippen LogP contribution in [0.5, 0.6) is 0 Å². The van der Waals surface area contributed by atoms with Gasteiger partial charge in [0, 0.05) is 13.2 Å². The summed E-state index contributed by atoms with van der Waals surface area (Å²) in [6.45, 7) is 1.96. The normalized spacial score (nSPS) is 33.1. The van der Waals surface area contributed by atoms with Crippen molar-refractivity contribution in [3.05, 3.63) is 0 Å². The molecule has 0 aromatic heterocycles. The first kappa shape index (κ1) is 13.8. The summed E-state index contributed by atoms with van der Waals surface area (Å²) in [6.07, 6.45) is 7.99. The molecule has 18 heavy (non-hydrogen) atoms. The van der Waals surface area contributed by atoms with Gasteiger partial charge in [-0.05, 0) is 44.1 Å². The lowest BCUT2D eigenvalue weighted by atomic mass is 9.79. The third-order valence-corrected chi connectivity index (χ3v) is 4.47. The highest BCUT2D eigenvalue weighted by atomic mass is 16.3. The van der Waals surface area contributed by atoms with Gasteiger partial charge in [0.2, 0.25) is 5.91 Å². The number of piperidine rings is 1. The molecule has 2 unspecified atom stereocenters. The van der Waals surface area contributed by atoms with Gasteiger partial charge in [-0.25, -0.2) is 0 Å². The molecule has 0 radical (unpaired) electrons. The Bertz CT molecular complexity index is 265. The Morgan fingerprint density at radius 1 is 1.11 bits per heavy atom. The first-order chi connectivity index (χ1) is 8.81. The van der Waals surface area contributed by atoms with Crippen LogP contribution in [0, 0.1) is 11.8 Å². The van der Waals surface area contributed by atoms with E-state index in [9.17, 15) is 9.90 Å². The highest BCUT2D eigenvalue weighted by Gasteiger charge is 2.26. The second kappa shape index (κ2) is 7.10. The number of nitrogens with one attached hydrogen (secondary N) is 2. The van der Waals surface area contributed by atoms with Crippen molar-refractivity contribution in [2.45, 2.75) is 51.0 Å². The van der Waals surface area contributed by atoms with Crippen LogP contribution in [0.1, 0.15) is 44.9 Å². The summed E-state index contributed by atoms with van der Waals surface area (Å²) < 4.78 is 0. The maximum absolute atomic E-state index is 12.0. The Labute approximate surface area is 110 Å². The Morgan fingerprint density at radius 2 is 1.83 bits per heavy atom. The van der Waals surface area contributed by atoms with Crippen molar-refractivity contribution in [3.63, 3.8) is 0 Å². The monoisotopic (exact) mass is 254 g/mol. The lowest BCUT2D eigenvalue weighted by Gasteiger charge is -2.31. The average molecular weight is 254 g/mol. The number of carbonyl (C=O) groups is 1. The second-order valence-electron chi connectivity index (χ2n) is 5.73. The van der Waals surface area contributed by atoms with Gasteiger partial charge in [-0.3, -0.25) is 4.79 Å². The molecule has 2 rings (SSSR count). The van der Waals surface area contributed by atoms with E-state index in [1.54, 1.807) is 0 Å². The Balaban J connectivity index is 1.73. The lowest BCUT2D eigenvalue weighted by Crippen LogP contribution is -2.48. The molecule has 1 amide bonds. The molecule has 0 spiro atoms. The van der Waals surface area contributed by atoms with Crippen LogP contribution in [0.3, 0.4) is 0 Å². The van der Waals surface area contributed by atoms with E-state index in [2.05, 4.69) is 10.6 Å². The van der Waals surface area contributed by atoms with Crippen LogP contribution in [0.4, 0.5) is 0 Å². The minimum Gasteiger partial charge on any atom is -0.396 e. The molecule has 3 N–H and O–H groups in total. The Hall–Kier alpha value is -0.610. The van der Waals surface area contributed by atoms with Gasteiger partial charge in [0.25, 0.3) is 0 Å². The van der Waals surface area contributed by atoms with Crippen molar-refractivity contribution in [3.8, 4) is 0 Å². The standard InChI is InChI=1S/C14H26N2O2/c17-10-12-6-2-1-5-11(12)9-16-14(18)13-7-3-4-8-15-13/h11-13,15,17H,1-10H2,(H,16,18)/t11?,12?,13-/m1/s1. The van der Waals surface area contributed by atoms with Crippen molar-refractivity contribution in [1.82, 2.24) is 10.6 Å². The summed E-state index contributed by atoms with van der Waals surface area (Å²) in [5.41, 5.74) is 0. The largest absolute Gasteiger partial charge is 0.396 e. The number of carbonyl (C=O) groups excluding carboxylic acids is 1. The molecule has 104 valence electrons. The zero-order valence-corrected chi connectivity index (χ0v) is 11.2. The van der Waals surface area contributed by atoms with E-state index in [4.69, 9.17) is 0 Å². The van der Waals surface area contributed by atoms with Gasteiger partial charge in [-0.1, -0.05) is 19.3 Å². The van der Waals surface area contributed by atoms with Crippen molar-refractivity contribution in [2.75, 3.05) is 19.7 Å². The van der Waals surface area contributed by atoms with Crippen molar-refractivity contribution in [2.24, 2.45) is 11.8 Å². The number of amides is 1. The lowest BCUT2D eigenvalue weighted by molar-refractivity contribution is -0.124. The number of hydrogen-bond acceptors (Lipinski definition) is 3. The molecule has 0 aromatic carbocycles. The zero-order valence-electron chi connectivity index (χ0n) is 11.2. The molecule has 0 aromatic rings. The summed E-state index contributed by atoms with van der Waals surface area (Å²) in [5, 5.41) is 15.7. The zero-order chi connectivity index (χ0) is 12.8. The quantitative estimate of drug-likeness (QED) is 0.702. The molecule has 1 aliphatic heterocycles. The molecule has 4 heteroatoms. The predicted octanol–water partition coefficient (Wildman–Crippen LogP) is 1.04. The minimum absolute atomic E-state index is 0.00918. The number of aliphatic hydroxyl groups is 1. The average Bonchev–Trinajstić information content (AvgIpc) is 2.46. The second-order valence-corrected chi connectivity index (χ2v) is 5.73. The number of rotatable bonds is 4. The third-order valence-electron chi connectivity index (χ3n) is 4.47. The van der Waals surface area contributed by atoms with E-state index < -0.39 is 0 Å². The molecule has 3 atom stereocenters. The Morgan fingerprint density at radius 3 is 2.50 bits per heavy atom. The predicted molar refractivity (Wildman–Crippen MR) is 71.2 cm³/mol. The molecular formula is C14H26N2O2. The molecule has 1 heterocycles. The van der Waals surface area contributed by atoms with Crippen LogP contribution in [-0.2, 0) is 4.79 Å². The fourth-order valence-corrected chi connectivity index (χ4v) is 3.22. The van der Waals surface area contributed by atoms with Gasteiger partial charge in [0.05, 0.1) is 6.04 Å². The summed E-state index contributed by atoms with van der Waals surface area (Å²) in [7, 11) is 0. The summed E-state index contributed by atoms with van der Waals surface area (Å²) in [4.78, 5) is 12.0. The third kappa shape index (κ3) is 3.69. The molecule has 1 saturated carbocycles. The van der Waals surface area contributed by atoms with Gasteiger partial charge >= 0.3 is 0 Å². The van der Waals surface area contributed by atoms with E-state index in [-0.39, 0.29) is 18.6 Å². The fraction of sp³-hybridized carbons (Fsp3) is 0.929. The number of aliphatic hydroxyl groups excluding tert-OH is 1. The molecule has 2 fully saturated rings. The van der Waals surface area contributed by atoms with Gasteiger partial charge < -0.3 is 15.7 Å². The van der Waals surface area contributed by atoms with E-state index in [1.165, 1.54) is 19.3 Å². The van der Waals surface area contributed by atoms with E-state index in [0.717, 1.165) is 38.8 Å². The van der Waals surface area contributed by atoms with Crippen LogP contribution in [-0.4, -0.2) is 36.8 Å². The Kier molecular flexibility index (Phi) is 5.45. The van der Waals surface area contributed by atoms with Crippen LogP contribution in [0.25, 0.3) is 0 Å². The summed E-state index contributed by atoms with van der Waals surface area (Å²) >= 11 is 0. The van der Waals surface area contributed by atoms with E-state index >= 15 is 0 Å². The van der Waals surface area contributed by atoms with Crippen LogP contribution < -0.4 is 10.6 Å². The van der Waals surface area contributed by atoms with E-state index in [1.807, 2.05) is 0 Å². The highest BCUT2D eigenvalue weighted by Crippen LogP contribution is 2.29. The molecule has 0 bridgehead atoms. The number of hydrogen-bond donors (Lipinski definition) is 3. The molecule has 4 nitrogen and oxygen atoms in total. The van der Waals surface area contributed by atoms with Crippen LogP contribution in [0.15, 0.2) is 0 Å². The molecular weight excluding hydrogens is 228 g/mol. The van der Waals surface area contributed by atoms with Crippen LogP contribution >= 0.6 is 0 Å². The maximum atomic E-state index is 12.0. The van der Waals surface area contributed by atoms with E-state index in [0.29, 0.717) is 11.8 Å². The van der Waals surface area contributed by atoms with Crippen molar-refractivity contribution >= 4 is 5.91 Å². The topological polar surface area (TPSA) is 61.4 Å². The SMILES string of the molecule is O=C(NCC1CCCCC1CO)[C@H]1CCCCN1.